The summed E-state index contributed by atoms with van der Waals surface area (Å²) in [7, 11) is 0. The Hall–Kier alpha value is -1.81. The molecule has 0 fully saturated rings. The van der Waals surface area contributed by atoms with E-state index >= 15 is 0 Å². The van der Waals surface area contributed by atoms with Crippen molar-refractivity contribution in [1.29, 1.82) is 0 Å². The molecule has 4 nitrogen and oxygen atoms in total. The van der Waals surface area contributed by atoms with Gasteiger partial charge in [-0.2, -0.15) is 0 Å². The molecule has 0 aromatic heterocycles. The summed E-state index contributed by atoms with van der Waals surface area (Å²) < 4.78 is 10.4. The molecule has 1 aromatic rings. The van der Waals surface area contributed by atoms with E-state index in [1.54, 1.807) is 0 Å². The number of esters is 1. The summed E-state index contributed by atoms with van der Waals surface area (Å²) in [6.07, 6.45) is 1.07. The van der Waals surface area contributed by atoms with Crippen molar-refractivity contribution in [2.24, 2.45) is 0 Å². The lowest BCUT2D eigenvalue weighted by molar-refractivity contribution is -0.141. The minimum absolute atomic E-state index is 0.0856. The van der Waals surface area contributed by atoms with Crippen molar-refractivity contribution >= 4 is 5.97 Å². The van der Waals surface area contributed by atoms with E-state index in [0.29, 0.717) is 0 Å². The van der Waals surface area contributed by atoms with Gasteiger partial charge in [0.2, 0.25) is 0 Å². The zero-order valence-electron chi connectivity index (χ0n) is 11.4. The van der Waals surface area contributed by atoms with Gasteiger partial charge in [-0.15, -0.1) is 0 Å². The van der Waals surface area contributed by atoms with Crippen LogP contribution in [0.4, 0.5) is 0 Å². The molecular weight excluding hydrogens is 244 g/mol. The van der Waals surface area contributed by atoms with Crippen LogP contribution in [0.2, 0.25) is 0 Å². The van der Waals surface area contributed by atoms with Gasteiger partial charge in [-0.1, -0.05) is 31.7 Å². The lowest BCUT2D eigenvalue weighted by Crippen LogP contribution is -2.25. The minimum Gasteiger partial charge on any atom is -0.490 e. The molecule has 1 aromatic carbocycles. The first-order valence-corrected chi connectivity index (χ1v) is 6.27. The second-order valence-corrected chi connectivity index (χ2v) is 4.22. The summed E-state index contributed by atoms with van der Waals surface area (Å²) in [5.41, 5.74) is 2.12. The van der Waals surface area contributed by atoms with Gasteiger partial charge in [0.25, 0.3) is 0 Å². The lowest BCUT2D eigenvalue weighted by atomic mass is 10.1. The van der Waals surface area contributed by atoms with E-state index in [-0.39, 0.29) is 13.2 Å². The Morgan fingerprint density at radius 1 is 1.47 bits per heavy atom. The average Bonchev–Trinajstić information content (AvgIpc) is 2.42. The minimum atomic E-state index is -0.854. The fraction of sp³-hybridized carbons (Fsp3) is 0.400. The molecule has 104 valence electrons. The van der Waals surface area contributed by atoms with Gasteiger partial charge in [-0.25, -0.2) is 4.79 Å². The first-order valence-electron chi connectivity index (χ1n) is 6.27. The molecule has 1 rings (SSSR count). The maximum atomic E-state index is 10.9. The standard InChI is InChI=1S/C15H20O4/c1-4-12-8-6-7-11(3)15(12)19-10-13(16)9-18-14(17)5-2/h5-8,13,16H,2,4,9-10H2,1,3H3. The number of aliphatic hydroxyl groups excluding tert-OH is 1. The number of rotatable bonds is 7. The van der Waals surface area contributed by atoms with Crippen LogP contribution in [-0.4, -0.2) is 30.4 Å². The summed E-state index contributed by atoms with van der Waals surface area (Å²) in [6, 6.07) is 5.92. The number of aryl methyl sites for hydroxylation is 2. The van der Waals surface area contributed by atoms with Crippen LogP contribution in [0.3, 0.4) is 0 Å². The van der Waals surface area contributed by atoms with Gasteiger partial charge in [0.1, 0.15) is 25.1 Å². The predicted octanol–water partition coefficient (Wildman–Crippen LogP) is 2.03. The van der Waals surface area contributed by atoms with E-state index in [1.165, 1.54) is 0 Å². The number of hydrogen-bond acceptors (Lipinski definition) is 4. The van der Waals surface area contributed by atoms with Crippen LogP contribution in [0.15, 0.2) is 30.9 Å². The second-order valence-electron chi connectivity index (χ2n) is 4.22. The highest BCUT2D eigenvalue weighted by atomic mass is 16.5. The SMILES string of the molecule is C=CC(=O)OCC(O)COc1c(C)cccc1CC. The molecule has 0 aliphatic carbocycles. The van der Waals surface area contributed by atoms with Crippen LogP contribution >= 0.6 is 0 Å². The van der Waals surface area contributed by atoms with E-state index in [1.807, 2.05) is 32.0 Å². The first-order chi connectivity index (χ1) is 9.08. The molecule has 1 N–H and O–H groups in total. The van der Waals surface area contributed by atoms with E-state index < -0.39 is 12.1 Å². The van der Waals surface area contributed by atoms with Crippen LogP contribution in [0.1, 0.15) is 18.1 Å². The van der Waals surface area contributed by atoms with Crippen molar-refractivity contribution in [3.05, 3.63) is 42.0 Å². The molecule has 0 spiro atoms. The second kappa shape index (κ2) is 7.59. The Morgan fingerprint density at radius 2 is 2.21 bits per heavy atom. The van der Waals surface area contributed by atoms with Gasteiger partial charge < -0.3 is 14.6 Å². The van der Waals surface area contributed by atoms with Crippen molar-refractivity contribution in [3.8, 4) is 5.75 Å². The number of para-hydroxylation sites is 1. The third-order valence-corrected chi connectivity index (χ3v) is 2.68. The summed E-state index contributed by atoms with van der Waals surface area (Å²) in [6.45, 7) is 7.27. The predicted molar refractivity (Wildman–Crippen MR) is 73.2 cm³/mol. The highest BCUT2D eigenvalue weighted by Gasteiger charge is 2.11. The zero-order valence-corrected chi connectivity index (χ0v) is 11.4. The van der Waals surface area contributed by atoms with E-state index in [4.69, 9.17) is 9.47 Å². The Kier molecular flexibility index (Phi) is 6.09. The Morgan fingerprint density at radius 3 is 2.84 bits per heavy atom. The third kappa shape index (κ3) is 4.75. The highest BCUT2D eigenvalue weighted by molar-refractivity contribution is 5.81. The van der Waals surface area contributed by atoms with Gasteiger partial charge in [-0.3, -0.25) is 0 Å². The van der Waals surface area contributed by atoms with Gasteiger partial charge in [-0.05, 0) is 24.5 Å². The average molecular weight is 264 g/mol. The van der Waals surface area contributed by atoms with Crippen LogP contribution in [0.5, 0.6) is 5.75 Å². The quantitative estimate of drug-likeness (QED) is 0.604. The molecule has 0 aliphatic rings. The fourth-order valence-corrected chi connectivity index (χ4v) is 1.66. The summed E-state index contributed by atoms with van der Waals surface area (Å²) in [5.74, 6) is 0.239. The molecule has 0 saturated heterocycles. The maximum Gasteiger partial charge on any atom is 0.330 e. The van der Waals surface area contributed by atoms with Crippen LogP contribution in [0.25, 0.3) is 0 Å². The molecule has 1 unspecified atom stereocenters. The molecule has 19 heavy (non-hydrogen) atoms. The van der Waals surface area contributed by atoms with Crippen molar-refractivity contribution in [2.75, 3.05) is 13.2 Å². The summed E-state index contributed by atoms with van der Waals surface area (Å²) in [4.78, 5) is 10.9. The number of benzene rings is 1. The normalized spacial score (nSPS) is 11.7. The van der Waals surface area contributed by atoms with Crippen LogP contribution < -0.4 is 4.74 Å². The van der Waals surface area contributed by atoms with Gasteiger partial charge in [0.15, 0.2) is 0 Å². The van der Waals surface area contributed by atoms with Gasteiger partial charge >= 0.3 is 5.97 Å². The largest absolute Gasteiger partial charge is 0.490 e. The maximum absolute atomic E-state index is 10.9. The number of hydrogen-bond donors (Lipinski definition) is 1. The Balaban J connectivity index is 2.52. The molecule has 1 atom stereocenters. The fourth-order valence-electron chi connectivity index (χ4n) is 1.66. The van der Waals surface area contributed by atoms with E-state index in [0.717, 1.165) is 29.4 Å². The molecule has 0 heterocycles. The molecule has 4 heteroatoms. The van der Waals surface area contributed by atoms with Gasteiger partial charge in [0, 0.05) is 6.08 Å². The molecule has 0 radical (unpaired) electrons. The smallest absolute Gasteiger partial charge is 0.330 e. The molecule has 0 bridgehead atoms. The van der Waals surface area contributed by atoms with Crippen molar-refractivity contribution in [2.45, 2.75) is 26.4 Å². The summed E-state index contributed by atoms with van der Waals surface area (Å²) >= 11 is 0. The molecule has 0 amide bonds. The van der Waals surface area contributed by atoms with E-state index in [2.05, 4.69) is 6.58 Å². The number of ether oxygens (including phenoxy) is 2. The topological polar surface area (TPSA) is 55.8 Å². The molecule has 0 saturated carbocycles. The van der Waals surface area contributed by atoms with Crippen molar-refractivity contribution in [3.63, 3.8) is 0 Å². The molecular formula is C15H20O4. The number of carbonyl (C=O) groups excluding carboxylic acids is 1. The van der Waals surface area contributed by atoms with Gasteiger partial charge in [0.05, 0.1) is 0 Å². The summed E-state index contributed by atoms with van der Waals surface area (Å²) in [5, 5.41) is 9.67. The van der Waals surface area contributed by atoms with Crippen molar-refractivity contribution < 1.29 is 19.4 Å². The Bertz CT molecular complexity index is 440. The first kappa shape index (κ1) is 15.2. The highest BCUT2D eigenvalue weighted by Crippen LogP contribution is 2.23. The monoisotopic (exact) mass is 264 g/mol. The zero-order chi connectivity index (χ0) is 14.3. The third-order valence-electron chi connectivity index (χ3n) is 2.68. The lowest BCUT2D eigenvalue weighted by Gasteiger charge is -2.16. The Labute approximate surface area is 113 Å². The van der Waals surface area contributed by atoms with E-state index in [9.17, 15) is 9.90 Å². The number of carbonyl (C=O) groups is 1. The van der Waals surface area contributed by atoms with Crippen LogP contribution in [-0.2, 0) is 16.0 Å². The molecule has 0 aliphatic heterocycles. The van der Waals surface area contributed by atoms with Crippen LogP contribution in [0, 0.1) is 6.92 Å². The van der Waals surface area contributed by atoms with Crippen molar-refractivity contribution in [1.82, 2.24) is 0 Å². The number of aliphatic hydroxyl groups is 1.